The Morgan fingerprint density at radius 3 is 2.47 bits per heavy atom. The van der Waals surface area contributed by atoms with Crippen LogP contribution < -0.4 is 15.2 Å². The van der Waals surface area contributed by atoms with Gasteiger partial charge in [0.15, 0.2) is 0 Å². The first kappa shape index (κ1) is 13.7. The molecule has 0 saturated carbocycles. The second kappa shape index (κ2) is 5.08. The van der Waals surface area contributed by atoms with E-state index in [1.54, 1.807) is 20.3 Å². The van der Waals surface area contributed by atoms with Crippen molar-refractivity contribution in [3.8, 4) is 17.6 Å². The van der Waals surface area contributed by atoms with Gasteiger partial charge in [0.2, 0.25) is 0 Å². The van der Waals surface area contributed by atoms with E-state index in [0.29, 0.717) is 24.7 Å². The van der Waals surface area contributed by atoms with Gasteiger partial charge in [-0.2, -0.15) is 5.26 Å². The predicted molar refractivity (Wildman–Crippen MR) is 70.1 cm³/mol. The molecule has 102 valence electrons. The lowest BCUT2D eigenvalue weighted by molar-refractivity contribution is -0.0913. The summed E-state index contributed by atoms with van der Waals surface area (Å²) in [4.78, 5) is 0. The number of aryl methyl sites for hydroxylation is 1. The topological polar surface area (TPSA) is 77.5 Å². The van der Waals surface area contributed by atoms with E-state index in [1.807, 2.05) is 13.0 Å². The summed E-state index contributed by atoms with van der Waals surface area (Å²) >= 11 is 0. The van der Waals surface area contributed by atoms with Gasteiger partial charge in [0.05, 0.1) is 39.5 Å². The molecule has 2 rings (SSSR count). The Kier molecular flexibility index (Phi) is 3.65. The minimum atomic E-state index is -0.660. The summed E-state index contributed by atoms with van der Waals surface area (Å²) in [5.41, 5.74) is 7.42. The van der Waals surface area contributed by atoms with Crippen molar-refractivity contribution < 1.29 is 14.2 Å². The molecule has 1 atom stereocenters. The Labute approximate surface area is 112 Å². The summed E-state index contributed by atoms with van der Waals surface area (Å²) < 4.78 is 15.8. The van der Waals surface area contributed by atoms with Crippen LogP contribution in [0.2, 0.25) is 0 Å². The fourth-order valence-corrected chi connectivity index (χ4v) is 2.33. The summed E-state index contributed by atoms with van der Waals surface area (Å²) in [6.07, 6.45) is 0. The molecule has 1 fully saturated rings. The summed E-state index contributed by atoms with van der Waals surface area (Å²) in [6, 6.07) is 5.52. The lowest BCUT2D eigenvalue weighted by Crippen LogP contribution is -2.49. The third-order valence-electron chi connectivity index (χ3n) is 3.63. The molecule has 1 aromatic carbocycles. The predicted octanol–water partition coefficient (Wildman–Crippen LogP) is 1.55. The fourth-order valence-electron chi connectivity index (χ4n) is 2.33. The van der Waals surface area contributed by atoms with Crippen molar-refractivity contribution in [1.29, 1.82) is 5.26 Å². The molecule has 1 aliphatic rings. The molecule has 0 aliphatic carbocycles. The number of hydrogen-bond donors (Lipinski definition) is 1. The zero-order chi connectivity index (χ0) is 14.0. The van der Waals surface area contributed by atoms with Crippen LogP contribution in [0.25, 0.3) is 0 Å². The normalized spacial score (nSPS) is 18.1. The number of hydrogen-bond acceptors (Lipinski definition) is 5. The molecule has 0 bridgehead atoms. The number of rotatable bonds is 4. The van der Waals surface area contributed by atoms with Gasteiger partial charge < -0.3 is 19.9 Å². The molecular weight excluding hydrogens is 244 g/mol. The fraction of sp³-hybridized carbons (Fsp3) is 0.500. The van der Waals surface area contributed by atoms with Gasteiger partial charge in [-0.15, -0.1) is 0 Å². The summed E-state index contributed by atoms with van der Waals surface area (Å²) in [5, 5.41) is 9.35. The first-order valence-electron chi connectivity index (χ1n) is 6.05. The zero-order valence-corrected chi connectivity index (χ0v) is 11.4. The van der Waals surface area contributed by atoms with E-state index in [9.17, 15) is 5.26 Å². The number of nitrogens with zero attached hydrogens (tertiary/aromatic N) is 1. The molecule has 0 aromatic heterocycles. The lowest BCUT2D eigenvalue weighted by Gasteiger charge is -2.40. The number of methoxy groups -OCH3 is 2. The molecule has 1 aliphatic heterocycles. The van der Waals surface area contributed by atoms with Crippen LogP contribution in [0, 0.1) is 23.7 Å². The van der Waals surface area contributed by atoms with Crippen molar-refractivity contribution in [2.75, 3.05) is 27.4 Å². The first-order valence-corrected chi connectivity index (χ1v) is 6.05. The Balaban J connectivity index is 2.47. The summed E-state index contributed by atoms with van der Waals surface area (Å²) in [7, 11) is 3.19. The molecule has 5 nitrogen and oxygen atoms in total. The quantitative estimate of drug-likeness (QED) is 0.890. The molecule has 1 unspecified atom stereocenters. The van der Waals surface area contributed by atoms with E-state index in [0.717, 1.165) is 11.1 Å². The molecule has 5 heteroatoms. The number of nitriles is 1. The Morgan fingerprint density at radius 1 is 1.37 bits per heavy atom. The van der Waals surface area contributed by atoms with Crippen LogP contribution in [0.4, 0.5) is 0 Å². The van der Waals surface area contributed by atoms with Gasteiger partial charge in [-0.25, -0.2) is 0 Å². The molecule has 0 spiro atoms. The van der Waals surface area contributed by atoms with Gasteiger partial charge in [-0.05, 0) is 18.6 Å². The average Bonchev–Trinajstić information content (AvgIpc) is 2.36. The van der Waals surface area contributed by atoms with E-state index in [2.05, 4.69) is 6.07 Å². The number of benzene rings is 1. The first-order chi connectivity index (χ1) is 9.07. The lowest BCUT2D eigenvalue weighted by atomic mass is 9.75. The maximum Gasteiger partial charge on any atom is 0.127 e. The van der Waals surface area contributed by atoms with Gasteiger partial charge >= 0.3 is 0 Å². The Hall–Kier alpha value is -1.77. The van der Waals surface area contributed by atoms with Crippen molar-refractivity contribution in [3.05, 3.63) is 23.3 Å². The van der Waals surface area contributed by atoms with Crippen LogP contribution in [0.15, 0.2) is 12.1 Å². The van der Waals surface area contributed by atoms with E-state index >= 15 is 0 Å². The van der Waals surface area contributed by atoms with Crippen LogP contribution in [-0.2, 0) is 4.74 Å². The smallest absolute Gasteiger partial charge is 0.127 e. The van der Waals surface area contributed by atoms with Crippen LogP contribution in [0.3, 0.4) is 0 Å². The molecular formula is C14H18N2O3. The third kappa shape index (κ3) is 2.14. The van der Waals surface area contributed by atoms with Crippen LogP contribution >= 0.6 is 0 Å². The SMILES string of the molecule is COc1cc(C)c(C(N)C2(C#N)COC2)c(OC)c1. The highest BCUT2D eigenvalue weighted by Gasteiger charge is 2.46. The minimum Gasteiger partial charge on any atom is -0.497 e. The van der Waals surface area contributed by atoms with Gasteiger partial charge in [-0.1, -0.05) is 0 Å². The maximum atomic E-state index is 9.35. The largest absolute Gasteiger partial charge is 0.497 e. The zero-order valence-electron chi connectivity index (χ0n) is 11.4. The van der Waals surface area contributed by atoms with E-state index in [1.165, 1.54) is 0 Å². The molecule has 2 N–H and O–H groups in total. The van der Waals surface area contributed by atoms with Crippen LogP contribution in [0.5, 0.6) is 11.5 Å². The van der Waals surface area contributed by atoms with E-state index in [-0.39, 0.29) is 0 Å². The molecule has 0 amide bonds. The van der Waals surface area contributed by atoms with Gasteiger partial charge in [0.25, 0.3) is 0 Å². The van der Waals surface area contributed by atoms with Crippen molar-refractivity contribution in [2.24, 2.45) is 11.1 Å². The third-order valence-corrected chi connectivity index (χ3v) is 3.63. The minimum absolute atomic E-state index is 0.360. The highest BCUT2D eigenvalue weighted by atomic mass is 16.5. The van der Waals surface area contributed by atoms with Gasteiger partial charge in [0.1, 0.15) is 16.9 Å². The Bertz CT molecular complexity index is 518. The molecule has 1 heterocycles. The highest BCUT2D eigenvalue weighted by molar-refractivity contribution is 5.49. The number of ether oxygens (including phenoxy) is 3. The maximum absolute atomic E-state index is 9.35. The summed E-state index contributed by atoms with van der Waals surface area (Å²) in [6.45, 7) is 2.66. The highest BCUT2D eigenvalue weighted by Crippen LogP contribution is 2.43. The van der Waals surface area contributed by atoms with Crippen LogP contribution in [-0.4, -0.2) is 27.4 Å². The Morgan fingerprint density at radius 2 is 2.05 bits per heavy atom. The van der Waals surface area contributed by atoms with Crippen molar-refractivity contribution in [3.63, 3.8) is 0 Å². The van der Waals surface area contributed by atoms with Crippen molar-refractivity contribution in [1.82, 2.24) is 0 Å². The average molecular weight is 262 g/mol. The monoisotopic (exact) mass is 262 g/mol. The molecule has 19 heavy (non-hydrogen) atoms. The second-order valence-electron chi connectivity index (χ2n) is 4.80. The van der Waals surface area contributed by atoms with Gasteiger partial charge in [0, 0.05) is 11.6 Å². The summed E-state index contributed by atoms with van der Waals surface area (Å²) in [5.74, 6) is 1.35. The van der Waals surface area contributed by atoms with Crippen LogP contribution in [0.1, 0.15) is 17.2 Å². The molecule has 1 aromatic rings. The van der Waals surface area contributed by atoms with E-state index in [4.69, 9.17) is 19.9 Å². The second-order valence-corrected chi connectivity index (χ2v) is 4.80. The molecule has 0 radical (unpaired) electrons. The standard InChI is InChI=1S/C14H18N2O3/c1-9-4-10(17-2)5-11(18-3)12(9)13(16)14(6-15)7-19-8-14/h4-5,13H,7-8,16H2,1-3H3. The van der Waals surface area contributed by atoms with E-state index < -0.39 is 11.5 Å². The number of nitrogens with two attached hydrogens (primary N) is 1. The van der Waals surface area contributed by atoms with Crippen molar-refractivity contribution >= 4 is 0 Å². The molecule has 1 saturated heterocycles. The van der Waals surface area contributed by atoms with Crippen molar-refractivity contribution in [2.45, 2.75) is 13.0 Å². The van der Waals surface area contributed by atoms with Gasteiger partial charge in [-0.3, -0.25) is 0 Å².